The van der Waals surface area contributed by atoms with Gasteiger partial charge in [-0.15, -0.1) is 0 Å². The van der Waals surface area contributed by atoms with Crippen molar-refractivity contribution in [2.24, 2.45) is 5.73 Å². The molecule has 1 aliphatic rings. The summed E-state index contributed by atoms with van der Waals surface area (Å²) in [6.45, 7) is 4.14. The summed E-state index contributed by atoms with van der Waals surface area (Å²) >= 11 is 0. The number of fused-ring (bicyclic) bond motifs is 1. The van der Waals surface area contributed by atoms with Gasteiger partial charge in [-0.1, -0.05) is 6.07 Å². The number of piperazine rings is 1. The number of likely N-dealkylation sites (N-methyl/N-ethyl adjacent to an activating group) is 1. The average molecular weight is 582 g/mol. The second-order valence-corrected chi connectivity index (χ2v) is 10.2. The molecule has 13 heteroatoms. The van der Waals surface area contributed by atoms with E-state index in [-0.39, 0.29) is 39.4 Å². The van der Waals surface area contributed by atoms with Crippen molar-refractivity contribution in [2.45, 2.75) is 13.1 Å². The van der Waals surface area contributed by atoms with Crippen molar-refractivity contribution in [1.29, 1.82) is 0 Å². The Kier molecular flexibility index (Phi) is 7.45. The second-order valence-electron chi connectivity index (χ2n) is 10.2. The Labute approximate surface area is 238 Å². The summed E-state index contributed by atoms with van der Waals surface area (Å²) in [5.41, 5.74) is 11.9. The fourth-order valence-electron chi connectivity index (χ4n) is 4.88. The highest BCUT2D eigenvalue weighted by molar-refractivity contribution is 6.05. The van der Waals surface area contributed by atoms with Gasteiger partial charge in [0.05, 0.1) is 16.5 Å². The first-order chi connectivity index (χ1) is 19.8. The number of halogens is 4. The fourth-order valence-corrected chi connectivity index (χ4v) is 4.88. The van der Waals surface area contributed by atoms with E-state index in [1.807, 2.05) is 11.9 Å². The predicted octanol–water partition coefficient (Wildman–Crippen LogP) is 4.45. The molecule has 1 fully saturated rings. The lowest BCUT2D eigenvalue weighted by atomic mass is 9.97. The molecular weight excluding hydrogens is 554 g/mol. The predicted molar refractivity (Wildman–Crippen MR) is 152 cm³/mol. The molecule has 5 N–H and O–H groups in total. The molecule has 0 atom stereocenters. The molecule has 9 nitrogen and oxygen atoms in total. The molecule has 4 aromatic rings. The maximum absolute atomic E-state index is 15.7. The number of nitrogen functional groups attached to an aromatic ring is 1. The van der Waals surface area contributed by atoms with Crippen LogP contribution in [0.5, 0.6) is 0 Å². The molecule has 0 spiro atoms. The molecular formula is C29H27F4N7O2. The standard InChI is InChI=1S/C29H27F4N7O2/c1-15-3-4-18(14-21(15)20-5-6-22-23(24(20)30)25(34)38-27(37-22)26(35)41)36-28(42)16-11-17(29(31,32)33)13-19(12-16)40-9-7-39(2)8-10-40/h3-6,11-14H,7-10H2,1-2H3,(H2,35,41)(H,36,42)(H2,34,37,38). The molecule has 218 valence electrons. The summed E-state index contributed by atoms with van der Waals surface area (Å²) in [7, 11) is 1.93. The minimum Gasteiger partial charge on any atom is -0.383 e. The van der Waals surface area contributed by atoms with Crippen LogP contribution < -0.4 is 21.7 Å². The number of aryl methyl sites for hydroxylation is 1. The molecule has 5 rings (SSSR count). The number of carbonyl (C=O) groups is 2. The Morgan fingerprint density at radius 1 is 0.952 bits per heavy atom. The highest BCUT2D eigenvalue weighted by atomic mass is 19.4. The van der Waals surface area contributed by atoms with Crippen LogP contribution in [0.4, 0.5) is 34.8 Å². The van der Waals surface area contributed by atoms with Gasteiger partial charge in [0.2, 0.25) is 5.82 Å². The van der Waals surface area contributed by atoms with Crippen LogP contribution in [0.3, 0.4) is 0 Å². The van der Waals surface area contributed by atoms with Crippen molar-refractivity contribution in [1.82, 2.24) is 14.9 Å². The Balaban J connectivity index is 1.49. The van der Waals surface area contributed by atoms with Gasteiger partial charge in [0.25, 0.3) is 11.8 Å². The molecule has 1 aliphatic heterocycles. The lowest BCUT2D eigenvalue weighted by Crippen LogP contribution is -2.44. The monoisotopic (exact) mass is 581 g/mol. The van der Waals surface area contributed by atoms with E-state index in [2.05, 4.69) is 20.2 Å². The van der Waals surface area contributed by atoms with Crippen LogP contribution in [0.25, 0.3) is 22.0 Å². The largest absolute Gasteiger partial charge is 0.416 e. The topological polar surface area (TPSA) is 130 Å². The Morgan fingerprint density at radius 3 is 2.33 bits per heavy atom. The first-order valence-electron chi connectivity index (χ1n) is 13.0. The first kappa shape index (κ1) is 28.7. The molecule has 0 aliphatic carbocycles. The lowest BCUT2D eigenvalue weighted by Gasteiger charge is -2.34. The van der Waals surface area contributed by atoms with E-state index < -0.39 is 29.4 Å². The van der Waals surface area contributed by atoms with Crippen LogP contribution in [-0.2, 0) is 6.18 Å². The van der Waals surface area contributed by atoms with Crippen molar-refractivity contribution < 1.29 is 27.2 Å². The molecule has 3 aromatic carbocycles. The normalized spacial score (nSPS) is 14.3. The molecule has 0 bridgehead atoms. The van der Waals surface area contributed by atoms with Crippen LogP contribution >= 0.6 is 0 Å². The highest BCUT2D eigenvalue weighted by Gasteiger charge is 2.33. The van der Waals surface area contributed by atoms with Crippen molar-refractivity contribution >= 4 is 39.9 Å². The minimum atomic E-state index is -4.65. The van der Waals surface area contributed by atoms with Gasteiger partial charge in [-0.2, -0.15) is 13.2 Å². The van der Waals surface area contributed by atoms with Gasteiger partial charge in [0.1, 0.15) is 11.6 Å². The molecule has 0 unspecified atom stereocenters. The van der Waals surface area contributed by atoms with Crippen LogP contribution in [0.1, 0.15) is 32.1 Å². The summed E-state index contributed by atoms with van der Waals surface area (Å²) in [5.74, 6) is -3.03. The molecule has 42 heavy (non-hydrogen) atoms. The maximum Gasteiger partial charge on any atom is 0.416 e. The van der Waals surface area contributed by atoms with Crippen molar-refractivity contribution in [2.75, 3.05) is 49.2 Å². The van der Waals surface area contributed by atoms with Crippen molar-refractivity contribution in [3.05, 3.63) is 76.9 Å². The number of nitrogens with zero attached hydrogens (tertiary/aromatic N) is 4. The molecule has 2 amide bonds. The lowest BCUT2D eigenvalue weighted by molar-refractivity contribution is -0.137. The van der Waals surface area contributed by atoms with E-state index in [1.54, 1.807) is 19.1 Å². The number of amides is 2. The molecule has 2 heterocycles. The van der Waals surface area contributed by atoms with Crippen LogP contribution in [-0.4, -0.2) is 59.9 Å². The Morgan fingerprint density at radius 2 is 1.67 bits per heavy atom. The minimum absolute atomic E-state index is 0.0837. The van der Waals surface area contributed by atoms with Crippen LogP contribution in [0.2, 0.25) is 0 Å². The summed E-state index contributed by atoms with van der Waals surface area (Å²) in [6.07, 6.45) is -4.65. The van der Waals surface area contributed by atoms with E-state index in [9.17, 15) is 22.8 Å². The van der Waals surface area contributed by atoms with Crippen LogP contribution in [0, 0.1) is 12.7 Å². The van der Waals surface area contributed by atoms with E-state index in [1.165, 1.54) is 24.3 Å². The van der Waals surface area contributed by atoms with E-state index in [0.29, 0.717) is 43.0 Å². The number of alkyl halides is 3. The van der Waals surface area contributed by atoms with Crippen molar-refractivity contribution in [3.8, 4) is 11.1 Å². The van der Waals surface area contributed by atoms with Gasteiger partial charge >= 0.3 is 6.18 Å². The Hall–Kier alpha value is -4.78. The summed E-state index contributed by atoms with van der Waals surface area (Å²) < 4.78 is 57.0. The van der Waals surface area contributed by atoms with Crippen LogP contribution in [0.15, 0.2) is 48.5 Å². The van der Waals surface area contributed by atoms with Gasteiger partial charge in [0, 0.05) is 48.7 Å². The zero-order chi connectivity index (χ0) is 30.3. The maximum atomic E-state index is 15.7. The number of anilines is 3. The number of carbonyl (C=O) groups excluding carboxylic acids is 2. The van der Waals surface area contributed by atoms with E-state index in [4.69, 9.17) is 11.5 Å². The number of hydrogen-bond donors (Lipinski definition) is 3. The number of primary amides is 1. The third-order valence-corrected chi connectivity index (χ3v) is 7.21. The van der Waals surface area contributed by atoms with Gasteiger partial charge in [-0.3, -0.25) is 9.59 Å². The first-order valence-corrected chi connectivity index (χ1v) is 13.0. The van der Waals surface area contributed by atoms with Gasteiger partial charge < -0.3 is 26.6 Å². The smallest absolute Gasteiger partial charge is 0.383 e. The third-order valence-electron chi connectivity index (χ3n) is 7.21. The number of nitrogens with two attached hydrogens (primary N) is 2. The van der Waals surface area contributed by atoms with E-state index >= 15 is 4.39 Å². The molecule has 1 aromatic heterocycles. The SMILES string of the molecule is Cc1ccc(NC(=O)c2cc(N3CCN(C)CC3)cc(C(F)(F)F)c2)cc1-c1ccc2nc(C(N)=O)nc(N)c2c1F. The average Bonchev–Trinajstić information content (AvgIpc) is 2.94. The zero-order valence-electron chi connectivity index (χ0n) is 22.7. The number of benzene rings is 3. The number of rotatable bonds is 5. The molecule has 0 radical (unpaired) electrons. The number of hydrogen-bond acceptors (Lipinski definition) is 7. The molecule has 0 saturated carbocycles. The highest BCUT2D eigenvalue weighted by Crippen LogP contribution is 2.36. The summed E-state index contributed by atoms with van der Waals surface area (Å²) in [5, 5.41) is 2.54. The summed E-state index contributed by atoms with van der Waals surface area (Å²) in [6, 6.07) is 10.9. The molecule has 1 saturated heterocycles. The quantitative estimate of drug-likeness (QED) is 0.297. The second kappa shape index (κ2) is 10.9. The fraction of sp³-hybridized carbons (Fsp3) is 0.241. The van der Waals surface area contributed by atoms with E-state index in [0.717, 1.165) is 12.1 Å². The Bertz CT molecular complexity index is 1720. The number of nitrogens with one attached hydrogen (secondary N) is 1. The van der Waals surface area contributed by atoms with Gasteiger partial charge in [-0.05, 0) is 67.6 Å². The van der Waals surface area contributed by atoms with Gasteiger partial charge in [0.15, 0.2) is 0 Å². The van der Waals surface area contributed by atoms with Gasteiger partial charge in [-0.25, -0.2) is 14.4 Å². The summed E-state index contributed by atoms with van der Waals surface area (Å²) in [4.78, 5) is 36.4. The van der Waals surface area contributed by atoms with Crippen molar-refractivity contribution in [3.63, 3.8) is 0 Å². The zero-order valence-corrected chi connectivity index (χ0v) is 22.7. The number of aromatic nitrogens is 2. The third kappa shape index (κ3) is 5.68.